The maximum atomic E-state index is 13.9. The molecule has 3 fully saturated rings. The molecule has 4 aliphatic rings. The van der Waals surface area contributed by atoms with E-state index in [-0.39, 0.29) is 17.6 Å². The molecule has 0 saturated heterocycles. The predicted molar refractivity (Wildman–Crippen MR) is 132 cm³/mol. The van der Waals surface area contributed by atoms with Crippen LogP contribution in [0.1, 0.15) is 54.4 Å². The predicted octanol–water partition coefficient (Wildman–Crippen LogP) is 3.78. The smallest absolute Gasteiger partial charge is 0.338 e. The summed E-state index contributed by atoms with van der Waals surface area (Å²) in [5.74, 6) is -7.69. The molecule has 0 radical (unpaired) electrons. The molecule has 0 aromatic rings. The van der Waals surface area contributed by atoms with Crippen molar-refractivity contribution in [2.75, 3.05) is 0 Å². The van der Waals surface area contributed by atoms with Crippen molar-refractivity contribution in [2.24, 2.45) is 23.2 Å². The highest BCUT2D eigenvalue weighted by atomic mass is 16.6. The second kappa shape index (κ2) is 9.32. The van der Waals surface area contributed by atoms with Crippen LogP contribution in [0.15, 0.2) is 59.1 Å². The van der Waals surface area contributed by atoms with E-state index >= 15 is 0 Å². The number of fused-ring (bicyclic) bond motifs is 3. The van der Waals surface area contributed by atoms with E-state index in [1.165, 1.54) is 39.8 Å². The Labute approximate surface area is 210 Å². The van der Waals surface area contributed by atoms with E-state index in [0.717, 1.165) is 0 Å². The Bertz CT molecular complexity index is 1160. The van der Waals surface area contributed by atoms with Gasteiger partial charge in [-0.05, 0) is 54.0 Å². The van der Waals surface area contributed by atoms with Crippen LogP contribution in [0.3, 0.4) is 0 Å². The fourth-order valence-electron chi connectivity index (χ4n) is 6.18. The van der Waals surface area contributed by atoms with Gasteiger partial charge in [-0.1, -0.05) is 30.4 Å². The number of allylic oxidation sites excluding steroid dienone is 6. The Morgan fingerprint density at radius 1 is 1.08 bits per heavy atom. The molecule has 8 nitrogen and oxygen atoms in total. The standard InChI is InChI=1S/C28H34O8/c1-7-9-11-13-16(29)18-20-21(28(6)22(31)15(3)24(33)36-28)19(17(30)14-12-10-8-2)26(4,23(18)32)25(34)27(20,5)35/h7-11,13,19-21,29,31,35H,12,14H2,1-6H3/b9-7+,10-8+,13-11+,18-16-/t19-,20-,21-,26-,27+,28-/m1/s1. The van der Waals surface area contributed by atoms with Gasteiger partial charge in [-0.3, -0.25) is 14.4 Å². The number of carbonyl (C=O) groups excluding carboxylic acids is 4. The van der Waals surface area contributed by atoms with E-state index in [1.54, 1.807) is 38.2 Å². The van der Waals surface area contributed by atoms with Gasteiger partial charge in [0.25, 0.3) is 0 Å². The Balaban J connectivity index is 2.36. The van der Waals surface area contributed by atoms with Crippen LogP contribution in [0.4, 0.5) is 0 Å². The van der Waals surface area contributed by atoms with Crippen molar-refractivity contribution in [1.29, 1.82) is 0 Å². The first-order valence-corrected chi connectivity index (χ1v) is 12.0. The Morgan fingerprint density at radius 3 is 2.25 bits per heavy atom. The molecule has 36 heavy (non-hydrogen) atoms. The molecule has 3 aliphatic carbocycles. The average Bonchev–Trinajstić information content (AvgIpc) is 3.01. The SMILES string of the molecule is C/C=C/C=C/C(O)=C1/C(=O)[C@]2(C)C(=O)[C@@](C)(O)[C@H]1[C@H]([C@@]1(C)OC(=O)C(C)=C1O)[C@H]2C(=O)CC/C=C/C. The minimum absolute atomic E-state index is 0.00374. The summed E-state index contributed by atoms with van der Waals surface area (Å²) in [5.41, 5.74) is -6.38. The van der Waals surface area contributed by atoms with Crippen molar-refractivity contribution in [3.63, 3.8) is 0 Å². The fraction of sp³-hybridized carbons (Fsp3) is 0.500. The molecule has 1 aliphatic heterocycles. The Hall–Kier alpha value is -3.26. The number of cyclic esters (lactones) is 1. The minimum Gasteiger partial charge on any atom is -0.508 e. The number of aliphatic hydroxyl groups excluding tert-OH is 2. The summed E-state index contributed by atoms with van der Waals surface area (Å²) in [6, 6.07) is 0. The lowest BCUT2D eigenvalue weighted by Gasteiger charge is -2.61. The molecule has 2 bridgehead atoms. The summed E-state index contributed by atoms with van der Waals surface area (Å²) in [7, 11) is 0. The summed E-state index contributed by atoms with van der Waals surface area (Å²) >= 11 is 0. The monoisotopic (exact) mass is 498 g/mol. The van der Waals surface area contributed by atoms with E-state index in [0.29, 0.717) is 6.42 Å². The third-order valence-corrected chi connectivity index (χ3v) is 7.95. The maximum Gasteiger partial charge on any atom is 0.338 e. The van der Waals surface area contributed by atoms with Crippen molar-refractivity contribution < 1.29 is 39.2 Å². The minimum atomic E-state index is -2.20. The van der Waals surface area contributed by atoms with Crippen LogP contribution in [-0.4, -0.2) is 49.8 Å². The first-order valence-electron chi connectivity index (χ1n) is 12.0. The van der Waals surface area contributed by atoms with Gasteiger partial charge in [0.1, 0.15) is 28.3 Å². The molecule has 8 heteroatoms. The zero-order chi connectivity index (χ0) is 27.2. The van der Waals surface area contributed by atoms with Gasteiger partial charge in [-0.25, -0.2) is 4.79 Å². The van der Waals surface area contributed by atoms with E-state index in [9.17, 15) is 34.5 Å². The molecule has 6 atom stereocenters. The van der Waals surface area contributed by atoms with Gasteiger partial charge in [0.2, 0.25) is 0 Å². The molecule has 0 spiro atoms. The third-order valence-electron chi connectivity index (χ3n) is 7.95. The van der Waals surface area contributed by atoms with Crippen molar-refractivity contribution in [2.45, 2.75) is 65.6 Å². The van der Waals surface area contributed by atoms with Crippen molar-refractivity contribution in [3.05, 3.63) is 59.1 Å². The van der Waals surface area contributed by atoms with E-state index in [1.807, 2.05) is 0 Å². The number of esters is 1. The first kappa shape index (κ1) is 27.3. The summed E-state index contributed by atoms with van der Waals surface area (Å²) < 4.78 is 5.61. The molecule has 3 N–H and O–H groups in total. The number of ketones is 3. The molecular formula is C28H34O8. The van der Waals surface area contributed by atoms with Crippen LogP contribution in [-0.2, 0) is 23.9 Å². The summed E-state index contributed by atoms with van der Waals surface area (Å²) in [5, 5.41) is 33.5. The Kier molecular flexibility index (Phi) is 7.07. The highest BCUT2D eigenvalue weighted by Gasteiger charge is 2.77. The van der Waals surface area contributed by atoms with Crippen LogP contribution in [0.25, 0.3) is 0 Å². The maximum absolute atomic E-state index is 13.9. The summed E-state index contributed by atoms with van der Waals surface area (Å²) in [4.78, 5) is 53.6. The van der Waals surface area contributed by atoms with Gasteiger partial charge < -0.3 is 20.1 Å². The third kappa shape index (κ3) is 3.70. The van der Waals surface area contributed by atoms with Crippen LogP contribution in [0.5, 0.6) is 0 Å². The lowest BCUT2D eigenvalue weighted by atomic mass is 9.40. The molecule has 0 amide bonds. The number of hydrogen-bond donors (Lipinski definition) is 3. The molecule has 4 rings (SSSR count). The highest BCUT2D eigenvalue weighted by Crippen LogP contribution is 2.64. The second-order valence-electron chi connectivity index (χ2n) is 10.2. The molecular weight excluding hydrogens is 464 g/mol. The van der Waals surface area contributed by atoms with Crippen molar-refractivity contribution >= 4 is 23.3 Å². The van der Waals surface area contributed by atoms with Gasteiger partial charge in [-0.2, -0.15) is 0 Å². The van der Waals surface area contributed by atoms with Crippen molar-refractivity contribution in [3.8, 4) is 0 Å². The summed E-state index contributed by atoms with van der Waals surface area (Å²) in [6.07, 6.45) is 9.98. The summed E-state index contributed by atoms with van der Waals surface area (Å²) in [6.45, 7) is 8.87. The lowest BCUT2D eigenvalue weighted by Crippen LogP contribution is -2.75. The van der Waals surface area contributed by atoms with Gasteiger partial charge in [0.15, 0.2) is 17.2 Å². The van der Waals surface area contributed by atoms with Crippen LogP contribution < -0.4 is 0 Å². The number of carbonyl (C=O) groups is 4. The fourth-order valence-corrected chi connectivity index (χ4v) is 6.18. The van der Waals surface area contributed by atoms with Gasteiger partial charge >= 0.3 is 5.97 Å². The van der Waals surface area contributed by atoms with Crippen LogP contribution >= 0.6 is 0 Å². The molecule has 0 aromatic heterocycles. The number of hydrogen-bond acceptors (Lipinski definition) is 8. The largest absolute Gasteiger partial charge is 0.508 e. The number of ether oxygens (including phenoxy) is 1. The zero-order valence-electron chi connectivity index (χ0n) is 21.5. The van der Waals surface area contributed by atoms with Crippen LogP contribution in [0.2, 0.25) is 0 Å². The van der Waals surface area contributed by atoms with Crippen molar-refractivity contribution in [1.82, 2.24) is 0 Å². The second-order valence-corrected chi connectivity index (χ2v) is 10.2. The highest BCUT2D eigenvalue weighted by molar-refractivity contribution is 6.23. The average molecular weight is 499 g/mol. The first-order chi connectivity index (χ1) is 16.7. The molecule has 0 aromatic carbocycles. The number of rotatable bonds is 7. The molecule has 1 heterocycles. The normalized spacial score (nSPS) is 38.2. The lowest BCUT2D eigenvalue weighted by molar-refractivity contribution is -0.204. The molecule has 194 valence electrons. The van der Waals surface area contributed by atoms with E-state index in [2.05, 4.69) is 0 Å². The van der Waals surface area contributed by atoms with Gasteiger partial charge in [0, 0.05) is 29.7 Å². The zero-order valence-corrected chi connectivity index (χ0v) is 21.5. The topological polar surface area (TPSA) is 138 Å². The van der Waals surface area contributed by atoms with E-state index < -0.39 is 69.2 Å². The van der Waals surface area contributed by atoms with Crippen LogP contribution in [0, 0.1) is 23.2 Å². The van der Waals surface area contributed by atoms with E-state index in [4.69, 9.17) is 4.74 Å². The quantitative estimate of drug-likeness (QED) is 0.120. The van der Waals surface area contributed by atoms with Gasteiger partial charge in [-0.15, -0.1) is 0 Å². The van der Waals surface area contributed by atoms with Gasteiger partial charge in [0.05, 0.1) is 5.57 Å². The number of aliphatic hydroxyl groups is 3. The Morgan fingerprint density at radius 2 is 1.72 bits per heavy atom. The molecule has 0 unspecified atom stereocenters. The molecule has 3 saturated carbocycles. The number of Topliss-reactive ketones (excluding diaryl/α,β-unsaturated/α-hetero) is 3.